The van der Waals surface area contributed by atoms with Gasteiger partial charge in [0.25, 0.3) is 0 Å². The van der Waals surface area contributed by atoms with Crippen LogP contribution in [0, 0.1) is 0 Å². The van der Waals surface area contributed by atoms with Gasteiger partial charge in [-0.3, -0.25) is 9.88 Å². The van der Waals surface area contributed by atoms with Gasteiger partial charge in [-0.2, -0.15) is 9.97 Å². The highest BCUT2D eigenvalue weighted by Crippen LogP contribution is 2.33. The van der Waals surface area contributed by atoms with Crippen molar-refractivity contribution in [3.63, 3.8) is 0 Å². The molecule has 3 aromatic heterocycles. The number of unbranched alkanes of at least 4 members (excludes halogenated alkanes) is 2. The summed E-state index contributed by atoms with van der Waals surface area (Å²) in [6.45, 7) is 5.57. The minimum Gasteiger partial charge on any atom is -0.379 e. The third-order valence-corrected chi connectivity index (χ3v) is 7.15. The normalized spacial score (nSPS) is 16.6. The lowest BCUT2D eigenvalue weighted by Gasteiger charge is -2.26. The third kappa shape index (κ3) is 6.87. The Morgan fingerprint density at radius 2 is 1.87 bits per heavy atom. The number of carbonyl (C=O) groups excluding carboxylic acids is 1. The number of aromatic nitrogens is 5. The Morgan fingerprint density at radius 3 is 2.63 bits per heavy atom. The van der Waals surface area contributed by atoms with E-state index in [1.54, 1.807) is 0 Å². The first-order valence-corrected chi connectivity index (χ1v) is 13.7. The highest BCUT2D eigenvalue weighted by molar-refractivity contribution is 5.86. The van der Waals surface area contributed by atoms with E-state index in [-0.39, 0.29) is 0 Å². The summed E-state index contributed by atoms with van der Waals surface area (Å²) in [5.41, 5.74) is 8.62. The summed E-state index contributed by atoms with van der Waals surface area (Å²) in [6.07, 6.45) is 11.3. The third-order valence-electron chi connectivity index (χ3n) is 7.15. The number of urea groups is 1. The smallest absolute Gasteiger partial charge is 0.312 e. The number of carbonyl (C=O) groups is 1. The van der Waals surface area contributed by atoms with E-state index in [1.165, 1.54) is 12.8 Å². The molecule has 1 saturated heterocycles. The molecule has 3 aromatic rings. The molecule has 12 heteroatoms. The lowest BCUT2D eigenvalue weighted by atomic mass is 10.2. The highest BCUT2D eigenvalue weighted by atomic mass is 16.5. The van der Waals surface area contributed by atoms with Crippen molar-refractivity contribution in [2.24, 2.45) is 5.73 Å². The molecule has 5 rings (SSSR count). The van der Waals surface area contributed by atoms with Gasteiger partial charge in [-0.15, -0.1) is 0 Å². The van der Waals surface area contributed by atoms with E-state index in [2.05, 4.69) is 36.5 Å². The van der Waals surface area contributed by atoms with E-state index in [0.717, 1.165) is 94.0 Å². The second kappa shape index (κ2) is 12.8. The number of amides is 2. The van der Waals surface area contributed by atoms with Crippen molar-refractivity contribution >= 4 is 34.6 Å². The molecule has 0 atom stereocenters. The number of imidazole rings is 1. The Bertz CT molecular complexity index is 1190. The second-order valence-corrected chi connectivity index (χ2v) is 9.99. The molecule has 0 aromatic carbocycles. The molecule has 0 bridgehead atoms. The molecule has 4 heterocycles. The predicted molar refractivity (Wildman–Crippen MR) is 146 cm³/mol. The number of hydrogen-bond donors (Lipinski definition) is 4. The number of pyridine rings is 1. The maximum atomic E-state index is 10.8. The summed E-state index contributed by atoms with van der Waals surface area (Å²) in [5.74, 6) is 1.24. The summed E-state index contributed by atoms with van der Waals surface area (Å²) in [6, 6.07) is 4.04. The molecular weight excluding hydrogens is 484 g/mol. The Morgan fingerprint density at radius 1 is 1.05 bits per heavy atom. The quantitative estimate of drug-likeness (QED) is 0.263. The Labute approximate surface area is 222 Å². The number of nitrogens with zero attached hydrogens (tertiary/aromatic N) is 6. The van der Waals surface area contributed by atoms with Crippen LogP contribution in [0.3, 0.4) is 0 Å². The predicted octanol–water partition coefficient (Wildman–Crippen LogP) is 3.16. The maximum Gasteiger partial charge on any atom is 0.312 e. The van der Waals surface area contributed by atoms with Gasteiger partial charge in [-0.25, -0.2) is 9.78 Å². The summed E-state index contributed by atoms with van der Waals surface area (Å²) in [7, 11) is 0. The van der Waals surface area contributed by atoms with Crippen LogP contribution in [0.2, 0.25) is 0 Å². The van der Waals surface area contributed by atoms with Gasteiger partial charge in [-0.1, -0.05) is 12.8 Å². The van der Waals surface area contributed by atoms with Crippen LogP contribution >= 0.6 is 0 Å². The molecule has 0 radical (unpaired) electrons. The van der Waals surface area contributed by atoms with Gasteiger partial charge >= 0.3 is 6.03 Å². The SMILES string of the molecule is NC(=O)NCCCCCNc1nc(Nc2ccc(CN3CCOCC3)nc2)c2ncn(C3CCCC3)c2n1. The number of anilines is 3. The van der Waals surface area contributed by atoms with Gasteiger partial charge < -0.3 is 31.0 Å². The molecular formula is C26H38N10O2. The molecule has 1 aliphatic carbocycles. The van der Waals surface area contributed by atoms with Crippen LogP contribution < -0.4 is 21.7 Å². The van der Waals surface area contributed by atoms with Crippen LogP contribution in [-0.4, -0.2) is 74.8 Å². The van der Waals surface area contributed by atoms with Gasteiger partial charge in [0.2, 0.25) is 5.95 Å². The molecule has 204 valence electrons. The first kappa shape index (κ1) is 26.1. The average molecular weight is 523 g/mol. The fraction of sp³-hybridized carbons (Fsp3) is 0.577. The highest BCUT2D eigenvalue weighted by Gasteiger charge is 2.22. The molecule has 38 heavy (non-hydrogen) atoms. The fourth-order valence-electron chi connectivity index (χ4n) is 5.09. The van der Waals surface area contributed by atoms with Gasteiger partial charge in [0.15, 0.2) is 17.0 Å². The van der Waals surface area contributed by atoms with Crippen molar-refractivity contribution in [1.82, 2.24) is 34.7 Å². The molecule has 2 aliphatic rings. The number of nitrogens with two attached hydrogens (primary N) is 1. The Kier molecular flexibility index (Phi) is 8.82. The van der Waals surface area contributed by atoms with Gasteiger partial charge in [0.05, 0.1) is 37.1 Å². The van der Waals surface area contributed by atoms with Crippen LogP contribution in [0.15, 0.2) is 24.7 Å². The topological polar surface area (TPSA) is 148 Å². The lowest BCUT2D eigenvalue weighted by Crippen LogP contribution is -2.35. The monoisotopic (exact) mass is 522 g/mol. The van der Waals surface area contributed by atoms with Crippen LogP contribution in [0.25, 0.3) is 11.2 Å². The number of hydrogen-bond acceptors (Lipinski definition) is 9. The van der Waals surface area contributed by atoms with E-state index in [4.69, 9.17) is 25.4 Å². The van der Waals surface area contributed by atoms with Crippen molar-refractivity contribution in [3.05, 3.63) is 30.4 Å². The van der Waals surface area contributed by atoms with Gasteiger partial charge in [0.1, 0.15) is 0 Å². The average Bonchev–Trinajstić information content (AvgIpc) is 3.60. The molecule has 0 spiro atoms. The van der Waals surface area contributed by atoms with E-state index >= 15 is 0 Å². The summed E-state index contributed by atoms with van der Waals surface area (Å²) < 4.78 is 7.65. The Balaban J connectivity index is 1.28. The summed E-state index contributed by atoms with van der Waals surface area (Å²) in [4.78, 5) is 32.2. The zero-order valence-corrected chi connectivity index (χ0v) is 21.9. The van der Waals surface area contributed by atoms with Crippen molar-refractivity contribution in [2.75, 3.05) is 50.0 Å². The zero-order valence-electron chi connectivity index (χ0n) is 21.9. The number of primary amides is 1. The summed E-state index contributed by atoms with van der Waals surface area (Å²) in [5, 5.41) is 9.44. The number of rotatable bonds is 12. The maximum absolute atomic E-state index is 10.8. The first-order chi connectivity index (χ1) is 18.7. The van der Waals surface area contributed by atoms with Gasteiger partial charge in [-0.05, 0) is 44.2 Å². The minimum absolute atomic E-state index is 0.425. The van der Waals surface area contributed by atoms with Crippen molar-refractivity contribution in [2.45, 2.75) is 57.5 Å². The first-order valence-electron chi connectivity index (χ1n) is 13.7. The molecule has 2 fully saturated rings. The van der Waals surface area contributed by atoms with E-state index in [0.29, 0.717) is 24.4 Å². The van der Waals surface area contributed by atoms with E-state index in [9.17, 15) is 4.79 Å². The van der Waals surface area contributed by atoms with Crippen molar-refractivity contribution in [3.8, 4) is 0 Å². The number of morpholine rings is 1. The molecule has 0 unspecified atom stereocenters. The van der Waals surface area contributed by atoms with Crippen LogP contribution in [-0.2, 0) is 11.3 Å². The van der Waals surface area contributed by atoms with Crippen LogP contribution in [0.4, 0.5) is 22.2 Å². The van der Waals surface area contributed by atoms with Crippen molar-refractivity contribution in [1.29, 1.82) is 0 Å². The number of nitrogens with one attached hydrogen (secondary N) is 3. The minimum atomic E-state index is -0.481. The molecule has 1 saturated carbocycles. The molecule has 5 N–H and O–H groups in total. The zero-order chi connectivity index (χ0) is 26.2. The van der Waals surface area contributed by atoms with Crippen molar-refractivity contribution < 1.29 is 9.53 Å². The summed E-state index contributed by atoms with van der Waals surface area (Å²) >= 11 is 0. The lowest BCUT2D eigenvalue weighted by molar-refractivity contribution is 0.0336. The molecule has 12 nitrogen and oxygen atoms in total. The fourth-order valence-corrected chi connectivity index (χ4v) is 5.09. The molecule has 1 aliphatic heterocycles. The molecule has 2 amide bonds. The number of fused-ring (bicyclic) bond motifs is 1. The standard InChI is InChI=1S/C26H38N10O2/c27-25(37)28-10-4-1-5-11-29-26-33-23(22-24(34-26)36(18-31-22)21-6-2-3-7-21)32-19-8-9-20(30-16-19)17-35-12-14-38-15-13-35/h8-9,16,18,21H,1-7,10-15,17H2,(H3,27,28,37)(H2,29,32,33,34). The van der Waals surface area contributed by atoms with Gasteiger partial charge in [0, 0.05) is 38.8 Å². The number of ether oxygens (including phenoxy) is 1. The van der Waals surface area contributed by atoms with Crippen LogP contribution in [0.5, 0.6) is 0 Å². The van der Waals surface area contributed by atoms with E-state index < -0.39 is 6.03 Å². The van der Waals surface area contributed by atoms with Crippen LogP contribution in [0.1, 0.15) is 56.7 Å². The second-order valence-electron chi connectivity index (χ2n) is 9.99. The largest absolute Gasteiger partial charge is 0.379 e. The Hall–Kier alpha value is -3.51. The van der Waals surface area contributed by atoms with E-state index in [1.807, 2.05) is 18.6 Å².